The zero-order valence-electron chi connectivity index (χ0n) is 7.57. The summed E-state index contributed by atoms with van der Waals surface area (Å²) < 4.78 is 0. The maximum Gasteiger partial charge on any atom is 0.0919 e. The van der Waals surface area contributed by atoms with Gasteiger partial charge in [0.2, 0.25) is 0 Å². The van der Waals surface area contributed by atoms with Crippen LogP contribution in [0, 0.1) is 6.92 Å². The first-order valence-corrected chi connectivity index (χ1v) is 4.61. The Kier molecular flexibility index (Phi) is 4.20. The Hall–Kier alpha value is -1.14. The van der Waals surface area contributed by atoms with Gasteiger partial charge in [-0.3, -0.25) is 0 Å². The summed E-state index contributed by atoms with van der Waals surface area (Å²) in [5.41, 5.74) is 1.32. The highest BCUT2D eigenvalue weighted by atomic mass is 31.0. The fraction of sp³-hybridized carbons (Fsp3) is 0.100. The maximum atomic E-state index is 3.67. The van der Waals surface area contributed by atoms with Crippen LogP contribution < -0.4 is 5.30 Å². The van der Waals surface area contributed by atoms with Gasteiger partial charge >= 0.3 is 0 Å². The summed E-state index contributed by atoms with van der Waals surface area (Å²) in [7, 11) is 2.65. The molecule has 0 saturated carbocycles. The maximum absolute atomic E-state index is 3.67. The van der Waals surface area contributed by atoms with Crippen molar-refractivity contribution in [2.24, 2.45) is 0 Å². The topological polar surface area (TPSA) is 28.7 Å². The molecule has 1 aromatic heterocycles. The zero-order chi connectivity index (χ0) is 9.52. The smallest absolute Gasteiger partial charge is 0.0919 e. The molecule has 2 rings (SSSR count). The molecule has 1 unspecified atom stereocenters. The van der Waals surface area contributed by atoms with Crippen molar-refractivity contribution in [2.45, 2.75) is 6.92 Å². The minimum atomic E-state index is 1.25. The fourth-order valence-electron chi connectivity index (χ4n) is 0.782. The monoisotopic (exact) mass is 192 g/mol. The number of hydrogen-bond donors (Lipinski definition) is 1. The minimum Gasteiger partial charge on any atom is -0.351 e. The molecule has 1 aromatic carbocycles. The largest absolute Gasteiger partial charge is 0.351 e. The molecule has 0 fully saturated rings. The molecule has 0 spiro atoms. The summed E-state index contributed by atoms with van der Waals surface area (Å²) in [4.78, 5) is 6.42. The first-order chi connectivity index (χ1) is 6.29. The van der Waals surface area contributed by atoms with E-state index in [4.69, 9.17) is 0 Å². The zero-order valence-corrected chi connectivity index (χ0v) is 8.72. The molecule has 0 aliphatic carbocycles. The van der Waals surface area contributed by atoms with Gasteiger partial charge in [-0.25, -0.2) is 4.98 Å². The van der Waals surface area contributed by atoms with Crippen LogP contribution >= 0.6 is 9.24 Å². The molecule has 1 atom stereocenters. The molecule has 1 N–H and O–H groups in total. The standard InChI is InChI=1S/C7H9P.C3H4N2/c1-6-2-4-7(8)5-3-6;1-2-5-3-4-1/h2-5H,8H2,1H3;1-3H,(H,4,5). The van der Waals surface area contributed by atoms with Gasteiger partial charge < -0.3 is 4.98 Å². The van der Waals surface area contributed by atoms with E-state index < -0.39 is 0 Å². The highest BCUT2D eigenvalue weighted by molar-refractivity contribution is 7.27. The number of rotatable bonds is 0. The summed E-state index contributed by atoms with van der Waals surface area (Å²) in [6.45, 7) is 2.09. The Morgan fingerprint density at radius 1 is 1.23 bits per heavy atom. The van der Waals surface area contributed by atoms with E-state index in [-0.39, 0.29) is 0 Å². The number of nitrogens with one attached hydrogen (secondary N) is 1. The molecule has 3 heteroatoms. The van der Waals surface area contributed by atoms with Crippen LogP contribution in [0.1, 0.15) is 5.56 Å². The van der Waals surface area contributed by atoms with Gasteiger partial charge in [-0.1, -0.05) is 29.8 Å². The van der Waals surface area contributed by atoms with Crippen LogP contribution in [0.25, 0.3) is 0 Å². The Morgan fingerprint density at radius 3 is 2.23 bits per heavy atom. The van der Waals surface area contributed by atoms with Crippen molar-refractivity contribution in [1.29, 1.82) is 0 Å². The lowest BCUT2D eigenvalue weighted by Gasteiger charge is -1.89. The van der Waals surface area contributed by atoms with E-state index in [9.17, 15) is 0 Å². The number of aromatic amines is 1. The van der Waals surface area contributed by atoms with Gasteiger partial charge in [0.05, 0.1) is 6.33 Å². The molecule has 0 radical (unpaired) electrons. The SMILES string of the molecule is Cc1ccc(P)cc1.c1c[nH]cn1. The van der Waals surface area contributed by atoms with Crippen LogP contribution in [0.4, 0.5) is 0 Å². The average Bonchev–Trinajstić information content (AvgIpc) is 2.68. The van der Waals surface area contributed by atoms with E-state index in [2.05, 4.69) is 50.4 Å². The Bertz CT molecular complexity index is 275. The van der Waals surface area contributed by atoms with Crippen molar-refractivity contribution in [3.05, 3.63) is 48.5 Å². The van der Waals surface area contributed by atoms with Crippen molar-refractivity contribution >= 4 is 14.5 Å². The molecule has 2 nitrogen and oxygen atoms in total. The second-order valence-corrected chi connectivity index (χ2v) is 3.34. The number of hydrogen-bond acceptors (Lipinski definition) is 1. The normalized spacial score (nSPS) is 8.77. The van der Waals surface area contributed by atoms with Gasteiger partial charge in [-0.05, 0) is 12.2 Å². The van der Waals surface area contributed by atoms with Crippen LogP contribution in [0.2, 0.25) is 0 Å². The molecule has 13 heavy (non-hydrogen) atoms. The van der Waals surface area contributed by atoms with Gasteiger partial charge in [0.1, 0.15) is 0 Å². The third-order valence-electron chi connectivity index (χ3n) is 1.48. The van der Waals surface area contributed by atoms with E-state index in [1.807, 2.05) is 0 Å². The quantitative estimate of drug-likeness (QED) is 0.634. The number of H-pyrrole nitrogens is 1. The molecule has 0 bridgehead atoms. The Morgan fingerprint density at radius 2 is 1.92 bits per heavy atom. The van der Waals surface area contributed by atoms with Crippen LogP contribution in [-0.4, -0.2) is 9.97 Å². The predicted molar refractivity (Wildman–Crippen MR) is 59.1 cm³/mol. The second kappa shape index (κ2) is 5.50. The number of aromatic nitrogens is 2. The number of imidazole rings is 1. The summed E-state index contributed by atoms with van der Waals surface area (Å²) in [5.74, 6) is 0. The summed E-state index contributed by atoms with van der Waals surface area (Å²) in [6, 6.07) is 8.37. The third kappa shape index (κ3) is 4.44. The molecule has 0 aliphatic rings. The lowest BCUT2D eigenvalue weighted by Crippen LogP contribution is -1.85. The van der Waals surface area contributed by atoms with E-state index in [1.165, 1.54) is 10.9 Å². The number of aryl methyl sites for hydroxylation is 1. The molecule has 0 amide bonds. The van der Waals surface area contributed by atoms with Gasteiger partial charge in [0.25, 0.3) is 0 Å². The first-order valence-electron chi connectivity index (χ1n) is 4.04. The summed E-state index contributed by atoms with van der Waals surface area (Å²) >= 11 is 0. The van der Waals surface area contributed by atoms with Crippen molar-refractivity contribution in [3.63, 3.8) is 0 Å². The van der Waals surface area contributed by atoms with Crippen molar-refractivity contribution in [2.75, 3.05) is 0 Å². The molecule has 1 heterocycles. The second-order valence-electron chi connectivity index (χ2n) is 2.67. The average molecular weight is 192 g/mol. The van der Waals surface area contributed by atoms with Crippen LogP contribution in [0.3, 0.4) is 0 Å². The van der Waals surface area contributed by atoms with E-state index >= 15 is 0 Å². The summed E-state index contributed by atoms with van der Waals surface area (Å²) in [6.07, 6.45) is 5.08. The van der Waals surface area contributed by atoms with Gasteiger partial charge in [-0.2, -0.15) is 0 Å². The molecule has 0 saturated heterocycles. The number of nitrogens with zero attached hydrogens (tertiary/aromatic N) is 1. The van der Waals surface area contributed by atoms with Crippen molar-refractivity contribution < 1.29 is 0 Å². The van der Waals surface area contributed by atoms with Crippen LogP contribution in [0.15, 0.2) is 43.0 Å². The van der Waals surface area contributed by atoms with Gasteiger partial charge in [0.15, 0.2) is 0 Å². The summed E-state index contributed by atoms with van der Waals surface area (Å²) in [5, 5.41) is 1.25. The van der Waals surface area contributed by atoms with Crippen molar-refractivity contribution in [3.8, 4) is 0 Å². The van der Waals surface area contributed by atoms with Gasteiger partial charge in [-0.15, -0.1) is 9.24 Å². The molecule has 2 aromatic rings. The molecular formula is C10H13N2P. The van der Waals surface area contributed by atoms with E-state index in [1.54, 1.807) is 18.7 Å². The highest BCUT2D eigenvalue weighted by Gasteiger charge is 1.79. The third-order valence-corrected chi connectivity index (χ3v) is 1.87. The molecule has 0 aliphatic heterocycles. The molecule has 68 valence electrons. The fourth-order valence-corrected chi connectivity index (χ4v) is 0.974. The van der Waals surface area contributed by atoms with Crippen molar-refractivity contribution in [1.82, 2.24) is 9.97 Å². The predicted octanol–water partition coefficient (Wildman–Crippen LogP) is 1.91. The highest BCUT2D eigenvalue weighted by Crippen LogP contribution is 1.94. The lowest BCUT2D eigenvalue weighted by molar-refractivity contribution is 1.31. The van der Waals surface area contributed by atoms with E-state index in [0.29, 0.717) is 0 Å². The first kappa shape index (κ1) is 9.94. The Balaban J connectivity index is 0.000000145. The molecular weight excluding hydrogens is 179 g/mol. The van der Waals surface area contributed by atoms with E-state index in [0.717, 1.165) is 0 Å². The van der Waals surface area contributed by atoms with Gasteiger partial charge in [0, 0.05) is 12.4 Å². The minimum absolute atomic E-state index is 1.25. The van der Waals surface area contributed by atoms with Crippen LogP contribution in [-0.2, 0) is 0 Å². The number of benzene rings is 1. The Labute approximate surface area is 80.6 Å². The van der Waals surface area contributed by atoms with Crippen LogP contribution in [0.5, 0.6) is 0 Å². The lowest BCUT2D eigenvalue weighted by atomic mass is 10.2.